The van der Waals surface area contributed by atoms with Crippen LogP contribution in [0.5, 0.6) is 0 Å². The van der Waals surface area contributed by atoms with Gasteiger partial charge in [0, 0.05) is 19.4 Å². The molecule has 0 aromatic carbocycles. The first-order valence-electron chi connectivity index (χ1n) is 4.05. The molecule has 4 nitrogen and oxygen atoms in total. The molecule has 0 heterocycles. The molecular weight excluding hydrogens is 160 g/mol. The molecule has 0 aliphatic heterocycles. The molecular formula is C8H16O4. The molecule has 0 saturated carbocycles. The highest BCUT2D eigenvalue weighted by molar-refractivity contribution is 5.79. The third-order valence-corrected chi connectivity index (χ3v) is 1.45. The summed E-state index contributed by atoms with van der Waals surface area (Å²) in [5, 5.41) is 26.3. The molecule has 0 bridgehead atoms. The van der Waals surface area contributed by atoms with Gasteiger partial charge in [-0.25, -0.2) is 0 Å². The molecule has 0 radical (unpaired) electrons. The summed E-state index contributed by atoms with van der Waals surface area (Å²) in [6.45, 7) is 1.40. The Bertz CT molecular complexity index is 133. The Morgan fingerprint density at radius 3 is 2.33 bits per heavy atom. The van der Waals surface area contributed by atoms with Gasteiger partial charge in [0.2, 0.25) is 0 Å². The summed E-state index contributed by atoms with van der Waals surface area (Å²) in [7, 11) is 0. The van der Waals surface area contributed by atoms with E-state index in [0.717, 1.165) is 0 Å². The Hall–Kier alpha value is -0.450. The number of hydrogen-bond acceptors (Lipinski definition) is 4. The van der Waals surface area contributed by atoms with E-state index in [1.54, 1.807) is 0 Å². The van der Waals surface area contributed by atoms with Crippen LogP contribution in [0.1, 0.15) is 26.2 Å². The highest BCUT2D eigenvalue weighted by Gasteiger charge is 2.11. The van der Waals surface area contributed by atoms with Gasteiger partial charge >= 0.3 is 0 Å². The van der Waals surface area contributed by atoms with Crippen molar-refractivity contribution in [2.45, 2.75) is 38.4 Å². The van der Waals surface area contributed by atoms with Crippen molar-refractivity contribution in [3.63, 3.8) is 0 Å². The second-order valence-electron chi connectivity index (χ2n) is 2.96. The molecule has 0 aromatic rings. The van der Waals surface area contributed by atoms with Crippen LogP contribution in [0, 0.1) is 0 Å². The fraction of sp³-hybridized carbons (Fsp3) is 0.875. The van der Waals surface area contributed by atoms with Gasteiger partial charge in [-0.05, 0) is 13.3 Å². The number of aliphatic hydroxyl groups is 3. The number of aliphatic hydroxyl groups excluding tert-OH is 3. The van der Waals surface area contributed by atoms with Crippen molar-refractivity contribution >= 4 is 5.78 Å². The van der Waals surface area contributed by atoms with E-state index in [2.05, 4.69) is 0 Å². The number of rotatable bonds is 6. The van der Waals surface area contributed by atoms with Gasteiger partial charge in [0.25, 0.3) is 0 Å². The molecule has 0 aromatic heterocycles. The average Bonchev–Trinajstić information content (AvgIpc) is 1.84. The van der Waals surface area contributed by atoms with Crippen LogP contribution in [0.25, 0.3) is 0 Å². The van der Waals surface area contributed by atoms with Gasteiger partial charge in [-0.2, -0.15) is 0 Å². The number of ketones is 1. The van der Waals surface area contributed by atoms with E-state index >= 15 is 0 Å². The standard InChI is InChI=1S/C8H16O4/c1-6(10)4-8(12)5-7(11)2-3-9/h6-7,9-11H,2-5H2,1H3/t6-,7-/m1/s1. The van der Waals surface area contributed by atoms with Crippen LogP contribution >= 0.6 is 0 Å². The normalized spacial score (nSPS) is 15.7. The van der Waals surface area contributed by atoms with Gasteiger partial charge in [0.1, 0.15) is 5.78 Å². The Kier molecular flexibility index (Phi) is 5.88. The van der Waals surface area contributed by atoms with Crippen molar-refractivity contribution in [1.29, 1.82) is 0 Å². The molecule has 0 amide bonds. The van der Waals surface area contributed by atoms with Gasteiger partial charge in [0.15, 0.2) is 0 Å². The first-order chi connectivity index (χ1) is 5.56. The number of carbonyl (C=O) groups is 1. The third-order valence-electron chi connectivity index (χ3n) is 1.45. The molecule has 0 fully saturated rings. The van der Waals surface area contributed by atoms with E-state index in [9.17, 15) is 4.79 Å². The lowest BCUT2D eigenvalue weighted by molar-refractivity contribution is -0.122. The molecule has 0 rings (SSSR count). The molecule has 0 unspecified atom stereocenters. The molecule has 0 saturated heterocycles. The molecule has 0 spiro atoms. The van der Waals surface area contributed by atoms with Gasteiger partial charge in [0.05, 0.1) is 12.2 Å². The van der Waals surface area contributed by atoms with Crippen molar-refractivity contribution in [3.05, 3.63) is 0 Å². The van der Waals surface area contributed by atoms with Crippen LogP contribution < -0.4 is 0 Å². The fourth-order valence-electron chi connectivity index (χ4n) is 0.927. The van der Waals surface area contributed by atoms with Crippen LogP contribution in [0.15, 0.2) is 0 Å². The minimum absolute atomic E-state index is 0.0193. The van der Waals surface area contributed by atoms with Crippen molar-refractivity contribution in [1.82, 2.24) is 0 Å². The Morgan fingerprint density at radius 2 is 1.92 bits per heavy atom. The predicted molar refractivity (Wildman–Crippen MR) is 43.6 cm³/mol. The van der Waals surface area contributed by atoms with Crippen molar-refractivity contribution in [2.24, 2.45) is 0 Å². The molecule has 0 aliphatic rings. The maximum absolute atomic E-state index is 10.9. The zero-order valence-electron chi connectivity index (χ0n) is 7.23. The third kappa shape index (κ3) is 6.27. The molecule has 72 valence electrons. The largest absolute Gasteiger partial charge is 0.396 e. The van der Waals surface area contributed by atoms with Gasteiger partial charge in [-0.3, -0.25) is 4.79 Å². The maximum atomic E-state index is 10.9. The van der Waals surface area contributed by atoms with Crippen LogP contribution in [0.4, 0.5) is 0 Å². The number of hydrogen-bond donors (Lipinski definition) is 3. The summed E-state index contributed by atoms with van der Waals surface area (Å²) in [6.07, 6.45) is -1.13. The van der Waals surface area contributed by atoms with Gasteiger partial charge in [-0.15, -0.1) is 0 Å². The second-order valence-corrected chi connectivity index (χ2v) is 2.96. The van der Waals surface area contributed by atoms with E-state index < -0.39 is 12.2 Å². The van der Waals surface area contributed by atoms with Crippen molar-refractivity contribution in [3.8, 4) is 0 Å². The number of carbonyl (C=O) groups excluding carboxylic acids is 1. The minimum atomic E-state index is -0.777. The van der Waals surface area contributed by atoms with E-state index in [1.165, 1.54) is 6.92 Å². The van der Waals surface area contributed by atoms with Gasteiger partial charge in [-0.1, -0.05) is 0 Å². The summed E-state index contributed by atoms with van der Waals surface area (Å²) < 4.78 is 0. The highest BCUT2D eigenvalue weighted by atomic mass is 16.3. The van der Waals surface area contributed by atoms with E-state index in [4.69, 9.17) is 15.3 Å². The summed E-state index contributed by atoms with van der Waals surface area (Å²) in [5.74, 6) is -0.175. The molecule has 0 aliphatic carbocycles. The Morgan fingerprint density at radius 1 is 1.33 bits per heavy atom. The summed E-state index contributed by atoms with van der Waals surface area (Å²) in [6, 6.07) is 0. The molecule has 2 atom stereocenters. The smallest absolute Gasteiger partial charge is 0.138 e. The lowest BCUT2D eigenvalue weighted by Gasteiger charge is -2.08. The first-order valence-corrected chi connectivity index (χ1v) is 4.05. The predicted octanol–water partition coefficient (Wildman–Crippen LogP) is -0.540. The summed E-state index contributed by atoms with van der Waals surface area (Å²) in [5.41, 5.74) is 0. The zero-order chi connectivity index (χ0) is 9.56. The van der Waals surface area contributed by atoms with E-state index in [-0.39, 0.29) is 31.7 Å². The minimum Gasteiger partial charge on any atom is -0.396 e. The van der Waals surface area contributed by atoms with Gasteiger partial charge < -0.3 is 15.3 Å². The maximum Gasteiger partial charge on any atom is 0.138 e. The quantitative estimate of drug-likeness (QED) is 0.508. The van der Waals surface area contributed by atoms with E-state index in [0.29, 0.717) is 0 Å². The van der Waals surface area contributed by atoms with Crippen LogP contribution in [0.3, 0.4) is 0 Å². The SMILES string of the molecule is C[C@@H](O)CC(=O)C[C@H](O)CCO. The van der Waals surface area contributed by atoms with E-state index in [1.807, 2.05) is 0 Å². The molecule has 12 heavy (non-hydrogen) atoms. The van der Waals surface area contributed by atoms with Crippen molar-refractivity contribution < 1.29 is 20.1 Å². The van der Waals surface area contributed by atoms with Crippen LogP contribution in [-0.2, 0) is 4.79 Å². The number of Topliss-reactive ketones (excluding diaryl/α,β-unsaturated/α-hetero) is 1. The lowest BCUT2D eigenvalue weighted by Crippen LogP contribution is -2.18. The average molecular weight is 176 g/mol. The molecule has 3 N–H and O–H groups in total. The second kappa shape index (κ2) is 6.11. The zero-order valence-corrected chi connectivity index (χ0v) is 7.23. The lowest BCUT2D eigenvalue weighted by atomic mass is 10.1. The highest BCUT2D eigenvalue weighted by Crippen LogP contribution is 2.02. The van der Waals surface area contributed by atoms with Crippen LogP contribution in [-0.4, -0.2) is 39.9 Å². The van der Waals surface area contributed by atoms with Crippen molar-refractivity contribution in [2.75, 3.05) is 6.61 Å². The fourth-order valence-corrected chi connectivity index (χ4v) is 0.927. The summed E-state index contributed by atoms with van der Waals surface area (Å²) >= 11 is 0. The van der Waals surface area contributed by atoms with Crippen LogP contribution in [0.2, 0.25) is 0 Å². The Balaban J connectivity index is 3.54. The first kappa shape index (κ1) is 11.6. The topological polar surface area (TPSA) is 77.8 Å². The summed E-state index contributed by atoms with van der Waals surface area (Å²) in [4.78, 5) is 10.9. The monoisotopic (exact) mass is 176 g/mol. The Labute approximate surface area is 71.8 Å². The molecule has 4 heteroatoms.